The van der Waals surface area contributed by atoms with E-state index in [1.54, 1.807) is 6.92 Å². The van der Waals surface area contributed by atoms with E-state index in [2.05, 4.69) is 5.32 Å². The number of carbonyl (C=O) groups excluding carboxylic acids is 2. The van der Waals surface area contributed by atoms with E-state index in [-0.39, 0.29) is 17.9 Å². The van der Waals surface area contributed by atoms with Gasteiger partial charge in [-0.1, -0.05) is 19.3 Å². The quantitative estimate of drug-likeness (QED) is 0.819. The van der Waals surface area contributed by atoms with Crippen molar-refractivity contribution in [2.75, 3.05) is 6.61 Å². The Morgan fingerprint density at radius 1 is 1.00 bits per heavy atom. The number of ether oxygens (including phenoxy) is 1. The van der Waals surface area contributed by atoms with Crippen molar-refractivity contribution >= 4 is 11.7 Å². The molecule has 1 N–H and O–H groups in total. The highest BCUT2D eigenvalue weighted by Crippen LogP contribution is 2.25. The number of rotatable bonds is 6. The molecule has 0 spiro atoms. The molecule has 2 aliphatic rings. The van der Waals surface area contributed by atoms with Crippen molar-refractivity contribution in [3.8, 4) is 0 Å². The number of Topliss-reactive ketones (excluding diaryl/α,β-unsaturated/α-hetero) is 1. The predicted octanol–water partition coefficient (Wildman–Crippen LogP) is 2.99. The molecule has 0 bridgehead atoms. The summed E-state index contributed by atoms with van der Waals surface area (Å²) in [5, 5.41) is 3.09. The van der Waals surface area contributed by atoms with Gasteiger partial charge in [0, 0.05) is 18.4 Å². The highest BCUT2D eigenvalue weighted by molar-refractivity contribution is 5.78. The molecular weight excluding hydrogens is 266 g/mol. The highest BCUT2D eigenvalue weighted by Gasteiger charge is 2.24. The van der Waals surface area contributed by atoms with Crippen LogP contribution in [0.5, 0.6) is 0 Å². The van der Waals surface area contributed by atoms with Gasteiger partial charge in [-0.05, 0) is 45.4 Å². The van der Waals surface area contributed by atoms with E-state index in [0.29, 0.717) is 24.9 Å². The third-order valence-electron chi connectivity index (χ3n) is 4.90. The number of hydrogen-bond donors (Lipinski definition) is 1. The van der Waals surface area contributed by atoms with Crippen LogP contribution in [0.1, 0.15) is 71.1 Å². The topological polar surface area (TPSA) is 55.4 Å². The Balaban J connectivity index is 1.56. The minimum Gasteiger partial charge on any atom is -0.378 e. The fourth-order valence-corrected chi connectivity index (χ4v) is 3.49. The predicted molar refractivity (Wildman–Crippen MR) is 82.0 cm³/mol. The van der Waals surface area contributed by atoms with E-state index < -0.39 is 0 Å². The maximum absolute atomic E-state index is 11.9. The van der Waals surface area contributed by atoms with Gasteiger partial charge in [0.15, 0.2) is 0 Å². The Bertz CT molecular complexity index is 342. The summed E-state index contributed by atoms with van der Waals surface area (Å²) in [5.41, 5.74) is 0. The van der Waals surface area contributed by atoms with E-state index >= 15 is 0 Å². The van der Waals surface area contributed by atoms with Gasteiger partial charge in [0.2, 0.25) is 5.91 Å². The molecule has 4 heteroatoms. The maximum Gasteiger partial charge on any atom is 0.222 e. The molecule has 0 aromatic heterocycles. The van der Waals surface area contributed by atoms with Crippen LogP contribution in [0.25, 0.3) is 0 Å². The van der Waals surface area contributed by atoms with Crippen LogP contribution in [-0.2, 0) is 14.3 Å². The summed E-state index contributed by atoms with van der Waals surface area (Å²) in [7, 11) is 0. The number of amides is 1. The van der Waals surface area contributed by atoms with Gasteiger partial charge < -0.3 is 10.1 Å². The molecule has 0 radical (unpaired) electrons. The van der Waals surface area contributed by atoms with Gasteiger partial charge in [0.1, 0.15) is 5.78 Å². The first-order chi connectivity index (χ1) is 10.1. The molecule has 2 fully saturated rings. The Morgan fingerprint density at radius 3 is 2.29 bits per heavy atom. The summed E-state index contributed by atoms with van der Waals surface area (Å²) in [6.45, 7) is 2.21. The zero-order valence-corrected chi connectivity index (χ0v) is 13.2. The molecule has 0 atom stereocenters. The second kappa shape index (κ2) is 8.52. The van der Waals surface area contributed by atoms with Crippen molar-refractivity contribution in [2.45, 2.75) is 83.3 Å². The molecule has 0 saturated heterocycles. The lowest BCUT2D eigenvalue weighted by molar-refractivity contribution is -0.124. The minimum absolute atomic E-state index is 0.0945. The average Bonchev–Trinajstić information content (AvgIpc) is 2.49. The van der Waals surface area contributed by atoms with E-state index in [0.717, 1.165) is 38.5 Å². The Hall–Kier alpha value is -0.900. The molecule has 4 nitrogen and oxygen atoms in total. The second-order valence-electron chi connectivity index (χ2n) is 6.61. The minimum atomic E-state index is 0.0945. The van der Waals surface area contributed by atoms with Crippen LogP contribution in [0.15, 0.2) is 0 Å². The number of hydrogen-bond acceptors (Lipinski definition) is 3. The summed E-state index contributed by atoms with van der Waals surface area (Å²) in [6, 6.07) is 0.253. The van der Waals surface area contributed by atoms with E-state index in [1.165, 1.54) is 19.3 Å². The van der Waals surface area contributed by atoms with Crippen LogP contribution in [0, 0.1) is 5.92 Å². The van der Waals surface area contributed by atoms with Crippen molar-refractivity contribution in [1.29, 1.82) is 0 Å². The van der Waals surface area contributed by atoms with Crippen molar-refractivity contribution in [3.63, 3.8) is 0 Å². The molecule has 21 heavy (non-hydrogen) atoms. The van der Waals surface area contributed by atoms with Crippen LogP contribution in [0.4, 0.5) is 0 Å². The van der Waals surface area contributed by atoms with Crippen molar-refractivity contribution in [3.05, 3.63) is 0 Å². The summed E-state index contributed by atoms with van der Waals surface area (Å²) < 4.78 is 5.79. The average molecular weight is 295 g/mol. The molecule has 0 aromatic rings. The van der Waals surface area contributed by atoms with Crippen molar-refractivity contribution in [2.24, 2.45) is 5.92 Å². The molecule has 0 aliphatic heterocycles. The fraction of sp³-hybridized carbons (Fsp3) is 0.882. The second-order valence-corrected chi connectivity index (χ2v) is 6.61. The Labute approximate surface area is 128 Å². The standard InChI is InChI=1S/C17H29NO3/c1-13(19)14-7-9-15(10-8-14)18-17(20)11-12-21-16-5-3-2-4-6-16/h14-16H,2-12H2,1H3,(H,18,20). The van der Waals surface area contributed by atoms with Gasteiger partial charge in [-0.15, -0.1) is 0 Å². The zero-order valence-electron chi connectivity index (χ0n) is 13.2. The first-order valence-corrected chi connectivity index (χ1v) is 8.56. The SMILES string of the molecule is CC(=O)C1CCC(NC(=O)CCOC2CCCCC2)CC1. The van der Waals surface area contributed by atoms with Gasteiger partial charge in [-0.3, -0.25) is 9.59 Å². The first kappa shape index (κ1) is 16.5. The van der Waals surface area contributed by atoms with Crippen LogP contribution in [0.3, 0.4) is 0 Å². The lowest BCUT2D eigenvalue weighted by atomic mass is 9.84. The van der Waals surface area contributed by atoms with Crippen LogP contribution in [-0.4, -0.2) is 30.4 Å². The molecule has 2 aliphatic carbocycles. The first-order valence-electron chi connectivity index (χ1n) is 8.56. The van der Waals surface area contributed by atoms with Gasteiger partial charge in [-0.25, -0.2) is 0 Å². The van der Waals surface area contributed by atoms with Crippen molar-refractivity contribution in [1.82, 2.24) is 5.32 Å². The third-order valence-corrected chi connectivity index (χ3v) is 4.90. The Morgan fingerprint density at radius 2 is 1.67 bits per heavy atom. The lowest BCUT2D eigenvalue weighted by Gasteiger charge is -2.28. The molecule has 0 heterocycles. The van der Waals surface area contributed by atoms with Gasteiger partial charge in [0.25, 0.3) is 0 Å². The van der Waals surface area contributed by atoms with Crippen LogP contribution >= 0.6 is 0 Å². The van der Waals surface area contributed by atoms with E-state index in [1.807, 2.05) is 0 Å². The maximum atomic E-state index is 11.9. The number of ketones is 1. The van der Waals surface area contributed by atoms with Gasteiger partial charge in [-0.2, -0.15) is 0 Å². The normalized spacial score (nSPS) is 27.3. The highest BCUT2D eigenvalue weighted by atomic mass is 16.5. The third kappa shape index (κ3) is 5.77. The number of carbonyl (C=O) groups is 2. The lowest BCUT2D eigenvalue weighted by Crippen LogP contribution is -2.39. The molecular formula is C17H29NO3. The monoisotopic (exact) mass is 295 g/mol. The smallest absolute Gasteiger partial charge is 0.222 e. The summed E-state index contributed by atoms with van der Waals surface area (Å²) in [5.74, 6) is 0.602. The van der Waals surface area contributed by atoms with Crippen LogP contribution < -0.4 is 5.32 Å². The largest absolute Gasteiger partial charge is 0.378 e. The summed E-state index contributed by atoms with van der Waals surface area (Å²) in [4.78, 5) is 23.2. The molecule has 0 unspecified atom stereocenters. The number of nitrogens with one attached hydrogen (secondary N) is 1. The zero-order chi connectivity index (χ0) is 15.1. The molecule has 120 valence electrons. The van der Waals surface area contributed by atoms with Crippen LogP contribution in [0.2, 0.25) is 0 Å². The van der Waals surface area contributed by atoms with E-state index in [4.69, 9.17) is 4.74 Å². The molecule has 2 rings (SSSR count). The Kier molecular flexibility index (Phi) is 6.68. The summed E-state index contributed by atoms with van der Waals surface area (Å²) >= 11 is 0. The van der Waals surface area contributed by atoms with E-state index in [9.17, 15) is 9.59 Å². The fourth-order valence-electron chi connectivity index (χ4n) is 3.49. The molecule has 0 aromatic carbocycles. The van der Waals surface area contributed by atoms with Crippen molar-refractivity contribution < 1.29 is 14.3 Å². The summed E-state index contributed by atoms with van der Waals surface area (Å²) in [6.07, 6.45) is 10.7. The molecule has 1 amide bonds. The molecule has 2 saturated carbocycles. The van der Waals surface area contributed by atoms with Gasteiger partial charge in [0.05, 0.1) is 12.7 Å². The van der Waals surface area contributed by atoms with Gasteiger partial charge >= 0.3 is 0 Å².